The van der Waals surface area contributed by atoms with Crippen molar-refractivity contribution in [3.05, 3.63) is 35.9 Å². The van der Waals surface area contributed by atoms with E-state index in [-0.39, 0.29) is 23.8 Å². The number of hydrogen-bond donors (Lipinski definition) is 1. The van der Waals surface area contributed by atoms with Crippen LogP contribution < -0.4 is 10.2 Å². The highest BCUT2D eigenvalue weighted by Gasteiger charge is 2.30. The number of fused-ring (bicyclic) bond motifs is 1. The summed E-state index contributed by atoms with van der Waals surface area (Å²) in [4.78, 5) is 25.5. The van der Waals surface area contributed by atoms with E-state index < -0.39 is 11.4 Å². The topological polar surface area (TPSA) is 97.1 Å². The third kappa shape index (κ3) is 5.61. The van der Waals surface area contributed by atoms with Crippen LogP contribution in [-0.2, 0) is 9.47 Å². The van der Waals surface area contributed by atoms with E-state index in [2.05, 4.69) is 20.4 Å². The van der Waals surface area contributed by atoms with E-state index in [0.717, 1.165) is 29.5 Å². The van der Waals surface area contributed by atoms with Crippen molar-refractivity contribution in [2.24, 2.45) is 0 Å². The van der Waals surface area contributed by atoms with E-state index in [9.17, 15) is 4.79 Å². The summed E-state index contributed by atoms with van der Waals surface area (Å²) in [5, 5.41) is 7.71. The van der Waals surface area contributed by atoms with Gasteiger partial charge in [0, 0.05) is 38.4 Å². The molecule has 5 rings (SSSR count). The van der Waals surface area contributed by atoms with Gasteiger partial charge in [-0.25, -0.2) is 19.3 Å². The number of nitrogens with zero attached hydrogens (tertiary/aromatic N) is 6. The van der Waals surface area contributed by atoms with Crippen molar-refractivity contribution >= 4 is 23.2 Å². The highest BCUT2D eigenvalue weighted by molar-refractivity contribution is 5.77. The summed E-state index contributed by atoms with van der Waals surface area (Å²) < 4.78 is 28.7. The molecule has 1 amide bonds. The molecule has 0 aliphatic carbocycles. The lowest BCUT2D eigenvalue weighted by molar-refractivity contribution is 0.0206. The third-order valence-corrected chi connectivity index (χ3v) is 6.48. The number of carbonyl (C=O) groups excluding carboxylic acids is 1. The van der Waals surface area contributed by atoms with Gasteiger partial charge in [0.15, 0.2) is 17.5 Å². The van der Waals surface area contributed by atoms with Crippen LogP contribution in [0.5, 0.6) is 0 Å². The second-order valence-corrected chi connectivity index (χ2v) is 10.6. The van der Waals surface area contributed by atoms with Crippen LogP contribution in [0.2, 0.25) is 0 Å². The van der Waals surface area contributed by atoms with Crippen LogP contribution in [0.4, 0.5) is 20.8 Å². The van der Waals surface area contributed by atoms with E-state index in [1.807, 2.05) is 50.9 Å². The molecular formula is C26H34FN7O3. The number of amides is 1. The van der Waals surface area contributed by atoms with Crippen LogP contribution in [0.15, 0.2) is 24.5 Å². The molecule has 0 aromatic carbocycles. The Morgan fingerprint density at radius 3 is 2.76 bits per heavy atom. The minimum Gasteiger partial charge on any atom is -0.444 e. The maximum Gasteiger partial charge on any atom is 0.410 e. The number of aryl methyl sites for hydroxylation is 1. The Labute approximate surface area is 215 Å². The lowest BCUT2D eigenvalue weighted by Crippen LogP contribution is -2.47. The Morgan fingerprint density at radius 1 is 1.22 bits per heavy atom. The number of nitrogens with one attached hydrogen (secondary N) is 1. The Balaban J connectivity index is 1.48. The third-order valence-electron chi connectivity index (χ3n) is 6.48. The molecular weight excluding hydrogens is 477 g/mol. The van der Waals surface area contributed by atoms with Crippen LogP contribution in [0, 0.1) is 12.7 Å². The predicted octanol–water partition coefficient (Wildman–Crippen LogP) is 3.89. The summed E-state index contributed by atoms with van der Waals surface area (Å²) >= 11 is 0. The zero-order valence-electron chi connectivity index (χ0n) is 21.8. The molecule has 0 unspecified atom stereocenters. The average molecular weight is 512 g/mol. The van der Waals surface area contributed by atoms with Gasteiger partial charge >= 0.3 is 6.09 Å². The highest BCUT2D eigenvalue weighted by Crippen LogP contribution is 2.31. The SMILES string of the molecule is Cc1ccn2ncc(-c3nc(N[C@@H]4CCCN(C(=O)OC(C)(C)C)C4)c(F)c(N4CCOCC4)n3)c2c1. The molecule has 5 heterocycles. The van der Waals surface area contributed by atoms with Gasteiger partial charge in [-0.15, -0.1) is 0 Å². The summed E-state index contributed by atoms with van der Waals surface area (Å²) in [6.07, 6.45) is 4.78. The van der Waals surface area contributed by atoms with Crippen LogP contribution in [0.1, 0.15) is 39.2 Å². The number of morpholine rings is 1. The molecule has 11 heteroatoms. The summed E-state index contributed by atoms with van der Waals surface area (Å²) in [7, 11) is 0. The van der Waals surface area contributed by atoms with E-state index in [1.165, 1.54) is 0 Å². The number of likely N-dealkylation sites (tertiary alicyclic amines) is 1. The first-order chi connectivity index (χ1) is 17.7. The fourth-order valence-electron chi connectivity index (χ4n) is 4.68. The normalized spacial score (nSPS) is 18.8. The summed E-state index contributed by atoms with van der Waals surface area (Å²) in [5.74, 6) is 0.246. The van der Waals surface area contributed by atoms with Gasteiger partial charge in [-0.1, -0.05) is 0 Å². The van der Waals surface area contributed by atoms with E-state index in [1.54, 1.807) is 15.6 Å². The Hall–Kier alpha value is -3.47. The molecule has 0 spiro atoms. The first-order valence-electron chi connectivity index (χ1n) is 12.8. The number of halogens is 1. The summed E-state index contributed by atoms with van der Waals surface area (Å²) in [6.45, 7) is 10.6. The Morgan fingerprint density at radius 2 is 2.00 bits per heavy atom. The molecule has 2 saturated heterocycles. The smallest absolute Gasteiger partial charge is 0.410 e. The zero-order chi connectivity index (χ0) is 26.2. The largest absolute Gasteiger partial charge is 0.444 e. The fourth-order valence-corrected chi connectivity index (χ4v) is 4.68. The van der Waals surface area contributed by atoms with Crippen molar-refractivity contribution in [2.75, 3.05) is 49.6 Å². The molecule has 0 saturated carbocycles. The van der Waals surface area contributed by atoms with Gasteiger partial charge in [-0.2, -0.15) is 9.49 Å². The van der Waals surface area contributed by atoms with Gasteiger partial charge < -0.3 is 24.6 Å². The number of ether oxygens (including phenoxy) is 2. The predicted molar refractivity (Wildman–Crippen MR) is 138 cm³/mol. The van der Waals surface area contributed by atoms with Gasteiger partial charge in [0.25, 0.3) is 0 Å². The molecule has 10 nitrogen and oxygen atoms in total. The maximum atomic E-state index is 15.9. The molecule has 0 bridgehead atoms. The number of aromatic nitrogens is 4. The number of rotatable bonds is 4. The standard InChI is InChI=1S/C26H34FN7O3/c1-17-7-9-34-20(14-17)19(15-28-34)22-30-23(21(27)24(31-22)32-10-12-36-13-11-32)29-18-6-5-8-33(16-18)25(35)37-26(2,3)4/h7,9,14-15,18H,5-6,8,10-13,16H2,1-4H3,(H,29,30,31)/t18-/m1/s1. The van der Waals surface area contributed by atoms with E-state index >= 15 is 4.39 Å². The fraction of sp³-hybridized carbons (Fsp3) is 0.538. The molecule has 0 radical (unpaired) electrons. The van der Waals surface area contributed by atoms with Gasteiger partial charge in [0.05, 0.1) is 30.5 Å². The second kappa shape index (κ2) is 10.1. The molecule has 37 heavy (non-hydrogen) atoms. The molecule has 198 valence electrons. The summed E-state index contributed by atoms with van der Waals surface area (Å²) in [6, 6.07) is 3.80. The van der Waals surface area contributed by atoms with Crippen LogP contribution >= 0.6 is 0 Å². The van der Waals surface area contributed by atoms with Crippen LogP contribution in [0.3, 0.4) is 0 Å². The molecule has 2 aliphatic rings. The van der Waals surface area contributed by atoms with Crippen molar-refractivity contribution in [3.8, 4) is 11.4 Å². The number of anilines is 2. The molecule has 3 aromatic rings. The van der Waals surface area contributed by atoms with Gasteiger partial charge in [0.2, 0.25) is 5.82 Å². The summed E-state index contributed by atoms with van der Waals surface area (Å²) in [5.41, 5.74) is 2.07. The first-order valence-corrected chi connectivity index (χ1v) is 12.8. The number of hydrogen-bond acceptors (Lipinski definition) is 8. The lowest BCUT2D eigenvalue weighted by Gasteiger charge is -2.35. The van der Waals surface area contributed by atoms with Crippen molar-refractivity contribution in [2.45, 2.75) is 52.2 Å². The van der Waals surface area contributed by atoms with Crippen molar-refractivity contribution in [1.82, 2.24) is 24.5 Å². The maximum absolute atomic E-state index is 15.9. The number of carbonyl (C=O) groups is 1. The minimum absolute atomic E-state index is 0.120. The number of piperidine rings is 1. The molecule has 2 fully saturated rings. The van der Waals surface area contributed by atoms with Crippen molar-refractivity contribution in [1.29, 1.82) is 0 Å². The Kier molecular flexibility index (Phi) is 6.89. The molecule has 3 aromatic heterocycles. The lowest BCUT2D eigenvalue weighted by atomic mass is 10.1. The van der Waals surface area contributed by atoms with Crippen molar-refractivity contribution in [3.63, 3.8) is 0 Å². The average Bonchev–Trinajstić information content (AvgIpc) is 3.28. The zero-order valence-corrected chi connectivity index (χ0v) is 21.8. The molecule has 2 aliphatic heterocycles. The molecule has 1 N–H and O–H groups in total. The Bertz CT molecular complexity index is 1280. The van der Waals surface area contributed by atoms with Gasteiger partial charge in [-0.05, 0) is 58.2 Å². The van der Waals surface area contributed by atoms with Crippen LogP contribution in [-0.4, -0.2) is 81.6 Å². The van der Waals surface area contributed by atoms with Crippen molar-refractivity contribution < 1.29 is 18.7 Å². The van der Waals surface area contributed by atoms with Gasteiger partial charge in [-0.3, -0.25) is 0 Å². The minimum atomic E-state index is -0.578. The highest BCUT2D eigenvalue weighted by atomic mass is 19.1. The number of pyridine rings is 1. The van der Waals surface area contributed by atoms with E-state index in [4.69, 9.17) is 9.47 Å². The first kappa shape index (κ1) is 25.2. The van der Waals surface area contributed by atoms with E-state index in [0.29, 0.717) is 45.2 Å². The van der Waals surface area contributed by atoms with Crippen LogP contribution in [0.25, 0.3) is 16.9 Å². The second-order valence-electron chi connectivity index (χ2n) is 10.6. The molecule has 1 atom stereocenters. The van der Waals surface area contributed by atoms with Gasteiger partial charge in [0.1, 0.15) is 5.60 Å². The quantitative estimate of drug-likeness (QED) is 0.564. The monoisotopic (exact) mass is 511 g/mol.